The number of carbonyl (C=O) groups excluding carboxylic acids is 2. The number of halogens is 3. The van der Waals surface area contributed by atoms with Crippen molar-refractivity contribution in [2.45, 2.75) is 22.9 Å². The monoisotopic (exact) mass is 483 g/mol. The van der Waals surface area contributed by atoms with Gasteiger partial charge in [-0.2, -0.15) is 22.5 Å². The lowest BCUT2D eigenvalue weighted by molar-refractivity contribution is -0.444. The molecule has 2 aliphatic heterocycles. The van der Waals surface area contributed by atoms with Gasteiger partial charge in [-0.3, -0.25) is 0 Å². The molecule has 3 amide bonds. The van der Waals surface area contributed by atoms with Gasteiger partial charge in [-0.1, -0.05) is 30.3 Å². The van der Waals surface area contributed by atoms with Crippen molar-refractivity contribution in [2.75, 3.05) is 12.0 Å². The maximum Gasteiger partial charge on any atom is 0.506 e. The summed E-state index contributed by atoms with van der Waals surface area (Å²) in [6, 6.07) is 18.1. The van der Waals surface area contributed by atoms with Crippen LogP contribution < -0.4 is 9.64 Å². The zero-order valence-electron chi connectivity index (χ0n) is 17.9. The number of nitrogens with zero attached hydrogens (tertiary/aromatic N) is 2. The fraction of sp³-hybridized carbons (Fsp3) is 0.160. The summed E-state index contributed by atoms with van der Waals surface area (Å²) in [5.41, 5.74) is 1.07. The normalized spacial score (nSPS) is 17.6. The Labute approximate surface area is 197 Å². The highest BCUT2D eigenvalue weighted by Gasteiger charge is 2.53. The van der Waals surface area contributed by atoms with Crippen LogP contribution in [0.2, 0.25) is 0 Å². The molecule has 2 heterocycles. The first-order valence-corrected chi connectivity index (χ1v) is 11.2. The highest BCUT2D eigenvalue weighted by molar-refractivity contribution is 8.02. The van der Waals surface area contributed by atoms with Gasteiger partial charge in [0.15, 0.2) is 5.25 Å². The molecule has 0 aromatic heterocycles. The van der Waals surface area contributed by atoms with Crippen LogP contribution in [0, 0.1) is 0 Å². The third-order valence-electron chi connectivity index (χ3n) is 5.72. The number of imide groups is 1. The average Bonchev–Trinajstić information content (AvgIpc) is 3.22. The fourth-order valence-electron chi connectivity index (χ4n) is 4.16. The van der Waals surface area contributed by atoms with Crippen LogP contribution in [0.25, 0.3) is 0 Å². The molecule has 9 heteroatoms. The van der Waals surface area contributed by atoms with E-state index in [-0.39, 0.29) is 6.54 Å². The number of hydrogen-bond acceptors (Lipinski definition) is 4. The topological polar surface area (TPSA) is 49.6 Å². The van der Waals surface area contributed by atoms with Crippen LogP contribution in [0.5, 0.6) is 5.75 Å². The highest BCUT2D eigenvalue weighted by Crippen LogP contribution is 2.41. The fourth-order valence-corrected chi connectivity index (χ4v) is 5.45. The third-order valence-corrected chi connectivity index (χ3v) is 6.99. The SMILES string of the molecule is COc1cccc(N2C(=O)C3Sc4ccccc4C3=[N+](Cc3cccc(C(F)(F)F)c3)C2=O)c1. The second-order valence-electron chi connectivity index (χ2n) is 7.82. The Morgan fingerprint density at radius 2 is 1.76 bits per heavy atom. The van der Waals surface area contributed by atoms with E-state index in [9.17, 15) is 22.8 Å². The number of anilines is 1. The second-order valence-corrected chi connectivity index (χ2v) is 8.97. The first-order valence-electron chi connectivity index (χ1n) is 10.4. The number of ether oxygens (including phenoxy) is 1. The number of amides is 3. The number of thioether (sulfide) groups is 1. The molecule has 0 aliphatic carbocycles. The summed E-state index contributed by atoms with van der Waals surface area (Å²) < 4.78 is 46.5. The predicted molar refractivity (Wildman–Crippen MR) is 121 cm³/mol. The van der Waals surface area contributed by atoms with E-state index in [4.69, 9.17) is 4.74 Å². The summed E-state index contributed by atoms with van der Waals surface area (Å²) in [4.78, 5) is 29.1. The molecule has 3 aromatic carbocycles. The van der Waals surface area contributed by atoms with E-state index in [0.29, 0.717) is 22.7 Å². The number of carbonyl (C=O) groups is 2. The quantitative estimate of drug-likeness (QED) is 0.469. The average molecular weight is 483 g/mol. The summed E-state index contributed by atoms with van der Waals surface area (Å²) in [6.07, 6.45) is -4.50. The first-order chi connectivity index (χ1) is 16.3. The summed E-state index contributed by atoms with van der Waals surface area (Å²) in [6.45, 7) is -0.114. The van der Waals surface area contributed by atoms with Crippen molar-refractivity contribution in [3.63, 3.8) is 0 Å². The van der Waals surface area contributed by atoms with Gasteiger partial charge in [0.1, 0.15) is 23.7 Å². The van der Waals surface area contributed by atoms with Gasteiger partial charge in [0.05, 0.1) is 12.7 Å². The van der Waals surface area contributed by atoms with E-state index in [1.807, 2.05) is 18.2 Å². The molecule has 5 nitrogen and oxygen atoms in total. The van der Waals surface area contributed by atoms with Crippen molar-refractivity contribution >= 4 is 35.1 Å². The Morgan fingerprint density at radius 3 is 2.53 bits per heavy atom. The van der Waals surface area contributed by atoms with Crippen LogP contribution in [0.15, 0.2) is 77.7 Å². The van der Waals surface area contributed by atoms with E-state index >= 15 is 0 Å². The maximum atomic E-state index is 13.7. The van der Waals surface area contributed by atoms with Gasteiger partial charge in [0.25, 0.3) is 0 Å². The molecular formula is C25H18F3N2O3S+. The Bertz CT molecular complexity index is 1350. The van der Waals surface area contributed by atoms with Crippen molar-refractivity contribution in [3.05, 3.63) is 89.5 Å². The molecule has 0 bridgehead atoms. The largest absolute Gasteiger partial charge is 0.506 e. The van der Waals surface area contributed by atoms with Crippen molar-refractivity contribution < 1.29 is 32.1 Å². The molecule has 172 valence electrons. The molecule has 1 unspecified atom stereocenters. The lowest BCUT2D eigenvalue weighted by atomic mass is 10.0. The summed E-state index contributed by atoms with van der Waals surface area (Å²) >= 11 is 1.33. The molecule has 0 saturated heterocycles. The lowest BCUT2D eigenvalue weighted by Crippen LogP contribution is -2.55. The van der Waals surface area contributed by atoms with Gasteiger partial charge in [-0.15, -0.1) is 16.7 Å². The standard InChI is InChI=1S/C25H18F3N2O3S/c1-33-18-9-5-8-17(13-18)30-23(31)22-21(19-10-2-3-11-20(19)34-22)29(24(30)32)14-15-6-4-7-16(12-15)25(26,27)28/h2-13,22H,14H2,1H3/q+1. The summed E-state index contributed by atoms with van der Waals surface area (Å²) in [5, 5.41) is -0.702. The number of methoxy groups -OCH3 is 1. The second kappa shape index (κ2) is 8.32. The molecule has 0 N–H and O–H groups in total. The molecule has 0 fully saturated rings. The third kappa shape index (κ3) is 3.75. The van der Waals surface area contributed by atoms with E-state index in [0.717, 1.165) is 27.5 Å². The van der Waals surface area contributed by atoms with E-state index in [2.05, 4.69) is 0 Å². The minimum absolute atomic E-state index is 0.114. The van der Waals surface area contributed by atoms with Gasteiger partial charge in [0, 0.05) is 16.5 Å². The molecule has 2 aliphatic rings. The zero-order chi connectivity index (χ0) is 24.0. The van der Waals surface area contributed by atoms with Crippen molar-refractivity contribution in [1.82, 2.24) is 0 Å². The number of urea groups is 1. The van der Waals surface area contributed by atoms with Gasteiger partial charge in [-0.05, 0) is 42.0 Å². The van der Waals surface area contributed by atoms with Gasteiger partial charge < -0.3 is 4.74 Å². The summed E-state index contributed by atoms with van der Waals surface area (Å²) in [7, 11) is 1.48. The van der Waals surface area contributed by atoms with Crippen molar-refractivity contribution in [2.24, 2.45) is 0 Å². The molecule has 1 atom stereocenters. The molecular weight excluding hydrogens is 465 g/mol. The number of alkyl halides is 3. The Morgan fingerprint density at radius 1 is 1.00 bits per heavy atom. The smallest absolute Gasteiger partial charge is 0.497 e. The van der Waals surface area contributed by atoms with Crippen molar-refractivity contribution in [1.29, 1.82) is 0 Å². The van der Waals surface area contributed by atoms with Crippen LogP contribution in [-0.2, 0) is 17.5 Å². The number of benzene rings is 3. The molecule has 3 aromatic rings. The van der Waals surface area contributed by atoms with Gasteiger partial charge in [-0.25, -0.2) is 4.79 Å². The Balaban J connectivity index is 1.65. The van der Waals surface area contributed by atoms with E-state index in [1.54, 1.807) is 36.4 Å². The minimum Gasteiger partial charge on any atom is -0.497 e. The van der Waals surface area contributed by atoms with Gasteiger partial charge in [0.2, 0.25) is 0 Å². The van der Waals surface area contributed by atoms with Crippen molar-refractivity contribution in [3.8, 4) is 5.75 Å². The molecule has 5 rings (SSSR count). The number of rotatable bonds is 4. The molecule has 0 saturated carbocycles. The zero-order valence-corrected chi connectivity index (χ0v) is 18.7. The number of fused-ring (bicyclic) bond motifs is 3. The van der Waals surface area contributed by atoms with Crippen LogP contribution in [0.4, 0.5) is 23.7 Å². The molecule has 0 radical (unpaired) electrons. The minimum atomic E-state index is -4.50. The van der Waals surface area contributed by atoms with Crippen LogP contribution >= 0.6 is 11.8 Å². The van der Waals surface area contributed by atoms with Crippen LogP contribution in [0.3, 0.4) is 0 Å². The molecule has 0 spiro atoms. The Kier molecular flexibility index (Phi) is 5.44. The lowest BCUT2D eigenvalue weighted by Gasteiger charge is -2.24. The predicted octanol–water partition coefficient (Wildman–Crippen LogP) is 5.36. The molecule has 34 heavy (non-hydrogen) atoms. The van der Waals surface area contributed by atoms with Gasteiger partial charge >= 0.3 is 18.1 Å². The Hall–Kier alpha value is -3.59. The summed E-state index contributed by atoms with van der Waals surface area (Å²) in [5.74, 6) is 0.0643. The van der Waals surface area contributed by atoms with Crippen LogP contribution in [0.1, 0.15) is 16.7 Å². The number of hydrogen-bond donors (Lipinski definition) is 0. The highest BCUT2D eigenvalue weighted by atomic mass is 32.2. The first kappa shape index (κ1) is 22.2. The maximum absolute atomic E-state index is 13.7. The van der Waals surface area contributed by atoms with E-state index < -0.39 is 28.9 Å². The van der Waals surface area contributed by atoms with E-state index in [1.165, 1.54) is 29.5 Å². The van der Waals surface area contributed by atoms with Crippen LogP contribution in [-0.4, -0.2) is 34.6 Å².